The van der Waals surface area contributed by atoms with Gasteiger partial charge in [0.15, 0.2) is 0 Å². The second-order valence-electron chi connectivity index (χ2n) is 7.34. The predicted molar refractivity (Wildman–Crippen MR) is 103 cm³/mol. The number of aromatic nitrogens is 2. The molecule has 0 radical (unpaired) electrons. The maximum Gasteiger partial charge on any atom is 0.408 e. The van der Waals surface area contributed by atoms with E-state index in [0.29, 0.717) is 18.8 Å². The van der Waals surface area contributed by atoms with Crippen LogP contribution in [0.1, 0.15) is 32.1 Å². The minimum atomic E-state index is -3.61. The highest BCUT2D eigenvalue weighted by Crippen LogP contribution is 2.29. The van der Waals surface area contributed by atoms with Crippen LogP contribution < -0.4 is 9.62 Å². The molecule has 0 saturated carbocycles. The molecule has 1 atom stereocenters. The minimum absolute atomic E-state index is 0.00112. The standard InChI is InChI=1S/C17H27N5O5S/c1-28(25,26)20-17(7-2-3-10-22(17)16(23)24)13-27-14-5-11-21(12-6-14)15-18-8-4-9-19-15/h4,8-9,14,20H,2-3,5-7,10-13H2,1H3,(H,23,24). The van der Waals surface area contributed by atoms with E-state index in [1.165, 1.54) is 4.90 Å². The molecule has 2 aliphatic heterocycles. The third kappa shape index (κ3) is 5.09. The van der Waals surface area contributed by atoms with Crippen LogP contribution in [0.2, 0.25) is 0 Å². The van der Waals surface area contributed by atoms with E-state index in [-0.39, 0.29) is 19.3 Å². The quantitative estimate of drug-likeness (QED) is 0.704. The summed E-state index contributed by atoms with van der Waals surface area (Å²) >= 11 is 0. The van der Waals surface area contributed by atoms with E-state index in [2.05, 4.69) is 19.6 Å². The molecule has 28 heavy (non-hydrogen) atoms. The highest BCUT2D eigenvalue weighted by atomic mass is 32.2. The third-order valence-corrected chi connectivity index (χ3v) is 5.93. The first-order valence-electron chi connectivity index (χ1n) is 9.42. The van der Waals surface area contributed by atoms with E-state index in [1.54, 1.807) is 18.5 Å². The maximum atomic E-state index is 11.9. The molecule has 0 bridgehead atoms. The van der Waals surface area contributed by atoms with Crippen LogP contribution >= 0.6 is 0 Å². The number of amides is 1. The Morgan fingerprint density at radius 1 is 1.29 bits per heavy atom. The van der Waals surface area contributed by atoms with Crippen LogP contribution in [-0.4, -0.2) is 78.7 Å². The highest BCUT2D eigenvalue weighted by molar-refractivity contribution is 7.88. The van der Waals surface area contributed by atoms with Gasteiger partial charge in [0, 0.05) is 32.0 Å². The van der Waals surface area contributed by atoms with Crippen LogP contribution in [0.25, 0.3) is 0 Å². The van der Waals surface area contributed by atoms with E-state index >= 15 is 0 Å². The van der Waals surface area contributed by atoms with Gasteiger partial charge in [-0.2, -0.15) is 4.72 Å². The van der Waals surface area contributed by atoms with Crippen LogP contribution in [0.4, 0.5) is 10.7 Å². The molecular formula is C17H27N5O5S. The van der Waals surface area contributed by atoms with Gasteiger partial charge in [-0.25, -0.2) is 23.2 Å². The summed E-state index contributed by atoms with van der Waals surface area (Å²) in [6.45, 7) is 1.73. The minimum Gasteiger partial charge on any atom is -0.465 e. The normalized spacial score (nSPS) is 24.3. The number of carboxylic acid groups (broad SMARTS) is 1. The number of hydrogen-bond acceptors (Lipinski definition) is 7. The van der Waals surface area contributed by atoms with Crippen molar-refractivity contribution < 1.29 is 23.1 Å². The molecule has 2 fully saturated rings. The van der Waals surface area contributed by atoms with Gasteiger partial charge in [-0.1, -0.05) is 0 Å². The lowest BCUT2D eigenvalue weighted by Crippen LogP contribution is -2.66. The van der Waals surface area contributed by atoms with Gasteiger partial charge in [-0.15, -0.1) is 0 Å². The number of carbonyl (C=O) groups is 1. The Balaban J connectivity index is 1.63. The van der Waals surface area contributed by atoms with Crippen molar-refractivity contribution in [3.8, 4) is 0 Å². The first-order valence-corrected chi connectivity index (χ1v) is 11.3. The Labute approximate surface area is 165 Å². The lowest BCUT2D eigenvalue weighted by atomic mass is 9.97. The van der Waals surface area contributed by atoms with E-state index in [4.69, 9.17) is 4.74 Å². The Morgan fingerprint density at radius 2 is 1.96 bits per heavy atom. The van der Waals surface area contributed by atoms with Gasteiger partial charge < -0.3 is 14.7 Å². The molecule has 10 nitrogen and oxygen atoms in total. The summed E-state index contributed by atoms with van der Waals surface area (Å²) in [5.74, 6) is 0.681. The largest absolute Gasteiger partial charge is 0.465 e. The summed E-state index contributed by atoms with van der Waals surface area (Å²) in [4.78, 5) is 23.5. The number of sulfonamides is 1. The van der Waals surface area contributed by atoms with Gasteiger partial charge in [0.1, 0.15) is 5.66 Å². The van der Waals surface area contributed by atoms with Crippen molar-refractivity contribution in [2.24, 2.45) is 0 Å². The molecule has 11 heteroatoms. The van der Waals surface area contributed by atoms with Gasteiger partial charge in [0.2, 0.25) is 16.0 Å². The Morgan fingerprint density at radius 3 is 2.57 bits per heavy atom. The van der Waals surface area contributed by atoms with E-state index in [0.717, 1.165) is 38.6 Å². The molecule has 1 amide bonds. The van der Waals surface area contributed by atoms with Crippen LogP contribution in [0.15, 0.2) is 18.5 Å². The molecule has 2 saturated heterocycles. The summed E-state index contributed by atoms with van der Waals surface area (Å²) in [6.07, 6.45) is 6.54. The number of nitrogens with one attached hydrogen (secondary N) is 1. The summed E-state index contributed by atoms with van der Waals surface area (Å²) in [5, 5.41) is 9.58. The average molecular weight is 414 g/mol. The topological polar surface area (TPSA) is 125 Å². The monoisotopic (exact) mass is 413 g/mol. The smallest absolute Gasteiger partial charge is 0.408 e. The molecule has 1 aromatic heterocycles. The zero-order valence-corrected chi connectivity index (χ0v) is 16.8. The molecule has 1 aromatic rings. The zero-order valence-electron chi connectivity index (χ0n) is 16.0. The molecule has 0 spiro atoms. The third-order valence-electron chi connectivity index (χ3n) is 5.18. The Bertz CT molecular complexity index is 769. The fourth-order valence-electron chi connectivity index (χ4n) is 3.88. The average Bonchev–Trinajstić information content (AvgIpc) is 2.66. The van der Waals surface area contributed by atoms with Gasteiger partial charge in [-0.05, 0) is 38.2 Å². The van der Waals surface area contributed by atoms with Crippen molar-refractivity contribution in [2.75, 3.05) is 37.4 Å². The molecule has 3 heterocycles. The molecule has 2 aliphatic rings. The second kappa shape index (κ2) is 8.58. The first-order chi connectivity index (χ1) is 13.3. The SMILES string of the molecule is CS(=O)(=O)NC1(COC2CCN(c3ncccn3)CC2)CCCCN1C(=O)O. The molecule has 2 N–H and O–H groups in total. The van der Waals surface area contributed by atoms with Crippen LogP contribution in [0.5, 0.6) is 0 Å². The second-order valence-corrected chi connectivity index (χ2v) is 9.09. The molecule has 0 aliphatic carbocycles. The van der Waals surface area contributed by atoms with Crippen LogP contribution in [0.3, 0.4) is 0 Å². The molecule has 3 rings (SSSR count). The van der Waals surface area contributed by atoms with Crippen molar-refractivity contribution in [3.63, 3.8) is 0 Å². The highest BCUT2D eigenvalue weighted by Gasteiger charge is 2.45. The van der Waals surface area contributed by atoms with Crippen LogP contribution in [0, 0.1) is 0 Å². The number of nitrogens with zero attached hydrogens (tertiary/aromatic N) is 4. The van der Waals surface area contributed by atoms with E-state index in [1.807, 2.05) is 0 Å². The van der Waals surface area contributed by atoms with Crippen molar-refractivity contribution in [2.45, 2.75) is 43.9 Å². The molecule has 0 aromatic carbocycles. The number of rotatable bonds is 6. The van der Waals surface area contributed by atoms with Gasteiger partial charge in [0.05, 0.1) is 19.0 Å². The summed E-state index contributed by atoms with van der Waals surface area (Å²) < 4.78 is 32.4. The predicted octanol–water partition coefficient (Wildman–Crippen LogP) is 0.871. The van der Waals surface area contributed by atoms with E-state index in [9.17, 15) is 18.3 Å². The molecule has 156 valence electrons. The fraction of sp³-hybridized carbons (Fsp3) is 0.706. The zero-order chi connectivity index (χ0) is 20.2. The number of ether oxygens (including phenoxy) is 1. The van der Waals surface area contributed by atoms with Gasteiger partial charge in [0.25, 0.3) is 0 Å². The van der Waals surface area contributed by atoms with Crippen LogP contribution in [-0.2, 0) is 14.8 Å². The van der Waals surface area contributed by atoms with Crippen molar-refractivity contribution in [1.82, 2.24) is 19.6 Å². The summed E-state index contributed by atoms with van der Waals surface area (Å²) in [7, 11) is -3.61. The number of anilines is 1. The lowest BCUT2D eigenvalue weighted by molar-refractivity contribution is -0.0605. The molecule has 1 unspecified atom stereocenters. The van der Waals surface area contributed by atoms with Crippen molar-refractivity contribution in [1.29, 1.82) is 0 Å². The van der Waals surface area contributed by atoms with Crippen molar-refractivity contribution >= 4 is 22.1 Å². The number of hydrogen-bond donors (Lipinski definition) is 2. The van der Waals surface area contributed by atoms with Gasteiger partial charge >= 0.3 is 6.09 Å². The van der Waals surface area contributed by atoms with Gasteiger partial charge in [-0.3, -0.25) is 4.90 Å². The number of piperidine rings is 2. The number of likely N-dealkylation sites (tertiary alicyclic amines) is 1. The fourth-order valence-corrected chi connectivity index (χ4v) is 4.84. The first kappa shape index (κ1) is 20.7. The summed E-state index contributed by atoms with van der Waals surface area (Å²) in [5.41, 5.74) is -1.25. The maximum absolute atomic E-state index is 11.9. The Hall–Kier alpha value is -1.98. The van der Waals surface area contributed by atoms with E-state index < -0.39 is 21.8 Å². The molecular weight excluding hydrogens is 386 g/mol. The lowest BCUT2D eigenvalue weighted by Gasteiger charge is -2.46. The summed E-state index contributed by atoms with van der Waals surface area (Å²) in [6, 6.07) is 1.77. The van der Waals surface area contributed by atoms with Crippen molar-refractivity contribution in [3.05, 3.63) is 18.5 Å². The Kier molecular flexibility index (Phi) is 6.36.